The summed E-state index contributed by atoms with van der Waals surface area (Å²) in [5.74, 6) is -3.06. The maximum absolute atomic E-state index is 13.4. The second kappa shape index (κ2) is 12.6. The van der Waals surface area contributed by atoms with Crippen LogP contribution in [0.25, 0.3) is 10.9 Å². The van der Waals surface area contributed by atoms with Crippen LogP contribution in [0.1, 0.15) is 24.0 Å². The third-order valence-electron chi connectivity index (χ3n) is 7.08. The Hall–Kier alpha value is -4.42. The standard InChI is InChI=1S/C28H33N5O7/c29-20(12-16-7-9-18(35)10-8-16)27(38)33-11-3-6-24(33)26(37)31-22(25(36)32-23(15-34)28(39)40)13-17-14-30-21-5-2-1-4-19(17)21/h1-2,4-5,7-10,14,20,22-24,30,34-35H,3,6,11-13,15,29H2,(H,31,37)(H,32,36)(H,39,40). The van der Waals surface area contributed by atoms with Crippen LogP contribution in [0, 0.1) is 0 Å². The van der Waals surface area contributed by atoms with Crippen molar-refractivity contribution in [1.82, 2.24) is 20.5 Å². The molecule has 3 aromatic rings. The molecule has 2 aromatic carbocycles. The predicted octanol–water partition coefficient (Wildman–Crippen LogP) is 0.0235. The van der Waals surface area contributed by atoms with Gasteiger partial charge in [0.25, 0.3) is 0 Å². The van der Waals surface area contributed by atoms with Gasteiger partial charge in [-0.05, 0) is 48.6 Å². The molecule has 1 aliphatic heterocycles. The summed E-state index contributed by atoms with van der Waals surface area (Å²) in [6.45, 7) is -0.496. The molecule has 0 radical (unpaired) electrons. The molecule has 12 heteroatoms. The highest BCUT2D eigenvalue weighted by Gasteiger charge is 2.38. The first-order valence-corrected chi connectivity index (χ1v) is 13.0. The molecule has 8 N–H and O–H groups in total. The van der Waals surface area contributed by atoms with E-state index in [1.54, 1.807) is 18.3 Å². The first-order valence-electron chi connectivity index (χ1n) is 13.0. The number of carbonyl (C=O) groups excluding carboxylic acids is 3. The van der Waals surface area contributed by atoms with Gasteiger partial charge in [0.05, 0.1) is 12.6 Å². The number of likely N-dealkylation sites (tertiary alicyclic amines) is 1. The molecule has 0 aliphatic carbocycles. The maximum Gasteiger partial charge on any atom is 0.328 e. The van der Waals surface area contributed by atoms with Crippen LogP contribution in [0.3, 0.4) is 0 Å². The van der Waals surface area contributed by atoms with Crippen molar-refractivity contribution in [2.45, 2.75) is 49.9 Å². The molecule has 4 atom stereocenters. The number of phenols is 1. The van der Waals surface area contributed by atoms with Crippen molar-refractivity contribution in [1.29, 1.82) is 0 Å². The molecule has 1 aliphatic rings. The van der Waals surface area contributed by atoms with Crippen LogP contribution in [0.15, 0.2) is 54.7 Å². The molecule has 1 saturated heterocycles. The zero-order valence-corrected chi connectivity index (χ0v) is 21.7. The van der Waals surface area contributed by atoms with Crippen molar-refractivity contribution in [2.75, 3.05) is 13.2 Å². The second-order valence-corrected chi connectivity index (χ2v) is 9.87. The number of aromatic amines is 1. The van der Waals surface area contributed by atoms with E-state index >= 15 is 0 Å². The van der Waals surface area contributed by atoms with Crippen LogP contribution >= 0.6 is 0 Å². The monoisotopic (exact) mass is 551 g/mol. The van der Waals surface area contributed by atoms with Crippen molar-refractivity contribution >= 4 is 34.6 Å². The van der Waals surface area contributed by atoms with Crippen LogP contribution in [-0.4, -0.2) is 86.2 Å². The molecular formula is C28H33N5O7. The number of aromatic hydroxyl groups is 1. The largest absolute Gasteiger partial charge is 0.508 e. The van der Waals surface area contributed by atoms with Gasteiger partial charge in [-0.2, -0.15) is 0 Å². The third kappa shape index (κ3) is 6.58. The minimum atomic E-state index is -1.54. The number of nitrogens with zero attached hydrogens (tertiary/aromatic N) is 1. The van der Waals surface area contributed by atoms with Crippen molar-refractivity contribution in [3.63, 3.8) is 0 Å². The Morgan fingerprint density at radius 3 is 2.45 bits per heavy atom. The van der Waals surface area contributed by atoms with Gasteiger partial charge >= 0.3 is 5.97 Å². The molecule has 3 amide bonds. The summed E-state index contributed by atoms with van der Waals surface area (Å²) in [7, 11) is 0. The fourth-order valence-electron chi connectivity index (χ4n) is 4.94. The molecule has 1 fully saturated rings. The van der Waals surface area contributed by atoms with E-state index in [2.05, 4.69) is 15.6 Å². The van der Waals surface area contributed by atoms with Crippen LogP contribution in [-0.2, 0) is 32.0 Å². The van der Waals surface area contributed by atoms with Crippen LogP contribution in [0.5, 0.6) is 5.75 Å². The number of para-hydroxylation sites is 1. The van der Waals surface area contributed by atoms with Crippen molar-refractivity contribution in [3.8, 4) is 5.75 Å². The van der Waals surface area contributed by atoms with Gasteiger partial charge < -0.3 is 41.6 Å². The molecule has 12 nitrogen and oxygen atoms in total. The van der Waals surface area contributed by atoms with Crippen LogP contribution in [0.2, 0.25) is 0 Å². The number of hydrogen-bond acceptors (Lipinski definition) is 7. The number of hydrogen-bond donors (Lipinski definition) is 7. The quantitative estimate of drug-likeness (QED) is 0.173. The van der Waals surface area contributed by atoms with Gasteiger partial charge in [-0.3, -0.25) is 14.4 Å². The van der Waals surface area contributed by atoms with Gasteiger partial charge in [0.2, 0.25) is 17.7 Å². The number of nitrogens with two attached hydrogens (primary N) is 1. The number of carboxylic acid groups (broad SMARTS) is 1. The van der Waals surface area contributed by atoms with E-state index in [4.69, 9.17) is 5.73 Å². The van der Waals surface area contributed by atoms with Crippen molar-refractivity contribution < 1.29 is 34.5 Å². The lowest BCUT2D eigenvalue weighted by Gasteiger charge is -2.28. The highest BCUT2D eigenvalue weighted by Crippen LogP contribution is 2.22. The van der Waals surface area contributed by atoms with E-state index in [1.165, 1.54) is 17.0 Å². The van der Waals surface area contributed by atoms with E-state index < -0.39 is 54.5 Å². The molecule has 0 spiro atoms. The lowest BCUT2D eigenvalue weighted by atomic mass is 10.0. The zero-order valence-electron chi connectivity index (χ0n) is 21.7. The average molecular weight is 552 g/mol. The Kier molecular flexibility index (Phi) is 9.02. The highest BCUT2D eigenvalue weighted by molar-refractivity contribution is 5.95. The number of carbonyl (C=O) groups is 4. The van der Waals surface area contributed by atoms with E-state index in [1.807, 2.05) is 24.3 Å². The van der Waals surface area contributed by atoms with Crippen LogP contribution < -0.4 is 16.4 Å². The number of aromatic nitrogens is 1. The molecule has 0 saturated carbocycles. The molecule has 40 heavy (non-hydrogen) atoms. The normalized spacial score (nSPS) is 17.2. The Bertz CT molecular complexity index is 1370. The summed E-state index contributed by atoms with van der Waals surface area (Å²) in [6, 6.07) is 9.26. The summed E-state index contributed by atoms with van der Waals surface area (Å²) in [6.07, 6.45) is 2.92. The van der Waals surface area contributed by atoms with E-state index in [0.717, 1.165) is 22.0 Å². The Morgan fingerprint density at radius 2 is 1.75 bits per heavy atom. The number of nitrogens with one attached hydrogen (secondary N) is 3. The second-order valence-electron chi connectivity index (χ2n) is 9.87. The molecule has 212 valence electrons. The fraction of sp³-hybridized carbons (Fsp3) is 0.357. The highest BCUT2D eigenvalue weighted by atomic mass is 16.4. The summed E-state index contributed by atoms with van der Waals surface area (Å²) < 4.78 is 0. The summed E-state index contributed by atoms with van der Waals surface area (Å²) >= 11 is 0. The minimum Gasteiger partial charge on any atom is -0.508 e. The zero-order chi connectivity index (χ0) is 28.8. The van der Waals surface area contributed by atoms with E-state index in [0.29, 0.717) is 19.4 Å². The van der Waals surface area contributed by atoms with Crippen molar-refractivity contribution in [2.24, 2.45) is 5.73 Å². The lowest BCUT2D eigenvalue weighted by Crippen LogP contribution is -2.57. The minimum absolute atomic E-state index is 0.0421. The number of rotatable bonds is 11. The van der Waals surface area contributed by atoms with E-state index in [9.17, 15) is 34.5 Å². The van der Waals surface area contributed by atoms with Gasteiger partial charge in [0, 0.05) is 30.1 Å². The molecule has 0 bridgehead atoms. The maximum atomic E-state index is 13.4. The SMILES string of the molecule is NC(Cc1ccc(O)cc1)C(=O)N1CCCC1C(=O)NC(Cc1c[nH]c2ccccc12)C(=O)NC(CO)C(=O)O. The molecule has 1 aromatic heterocycles. The van der Waals surface area contributed by atoms with E-state index in [-0.39, 0.29) is 18.6 Å². The number of carboxylic acids is 1. The molecule has 2 heterocycles. The molecule has 4 unspecified atom stereocenters. The van der Waals surface area contributed by atoms with Gasteiger partial charge in [0.1, 0.15) is 23.9 Å². The Balaban J connectivity index is 1.50. The predicted molar refractivity (Wildman–Crippen MR) is 145 cm³/mol. The number of aliphatic hydroxyl groups is 1. The van der Waals surface area contributed by atoms with Gasteiger partial charge in [0.15, 0.2) is 0 Å². The Labute approximate surface area is 230 Å². The number of aliphatic carboxylic acids is 1. The number of amides is 3. The summed E-state index contributed by atoms with van der Waals surface area (Å²) in [5, 5.41) is 34.0. The number of benzene rings is 2. The summed E-state index contributed by atoms with van der Waals surface area (Å²) in [4.78, 5) is 55.7. The molecule has 4 rings (SSSR count). The number of H-pyrrole nitrogens is 1. The lowest BCUT2D eigenvalue weighted by molar-refractivity contribution is -0.144. The van der Waals surface area contributed by atoms with Gasteiger partial charge in [-0.25, -0.2) is 4.79 Å². The smallest absolute Gasteiger partial charge is 0.328 e. The number of aliphatic hydroxyl groups excluding tert-OH is 1. The number of fused-ring (bicyclic) bond motifs is 1. The topological polar surface area (TPSA) is 198 Å². The van der Waals surface area contributed by atoms with Crippen molar-refractivity contribution in [3.05, 3.63) is 65.9 Å². The van der Waals surface area contributed by atoms with Gasteiger partial charge in [-0.15, -0.1) is 0 Å². The van der Waals surface area contributed by atoms with Crippen LogP contribution in [0.4, 0.5) is 0 Å². The average Bonchev–Trinajstić information content (AvgIpc) is 3.59. The first-order chi connectivity index (χ1) is 19.2. The fourth-order valence-corrected chi connectivity index (χ4v) is 4.94. The molecular weight excluding hydrogens is 518 g/mol. The van der Waals surface area contributed by atoms with Gasteiger partial charge in [-0.1, -0.05) is 30.3 Å². The Morgan fingerprint density at radius 1 is 1.02 bits per heavy atom. The first kappa shape index (κ1) is 28.6. The number of phenolic OH excluding ortho intramolecular Hbond substituents is 1. The summed E-state index contributed by atoms with van der Waals surface area (Å²) in [5.41, 5.74) is 8.50. The third-order valence-corrected chi connectivity index (χ3v) is 7.08.